The first-order valence-corrected chi connectivity index (χ1v) is 12.7. The zero-order valence-corrected chi connectivity index (χ0v) is 21.1. The molecular formula is C25H34N2O5S. The Kier molecular flexibility index (Phi) is 7.69. The maximum Gasteiger partial charge on any atom is 0.255 e. The van der Waals surface area contributed by atoms with Gasteiger partial charge in [-0.25, -0.2) is 8.42 Å². The first-order valence-electron chi connectivity index (χ1n) is 11.3. The predicted molar refractivity (Wildman–Crippen MR) is 129 cm³/mol. The summed E-state index contributed by atoms with van der Waals surface area (Å²) >= 11 is 0. The Labute approximate surface area is 197 Å². The Morgan fingerprint density at radius 3 is 2.18 bits per heavy atom. The zero-order valence-electron chi connectivity index (χ0n) is 20.3. The molecule has 2 aromatic carbocycles. The number of hydrogen-bond donors (Lipinski definition) is 1. The summed E-state index contributed by atoms with van der Waals surface area (Å²) < 4.78 is 38.4. The van der Waals surface area contributed by atoms with Crippen LogP contribution in [0, 0.1) is 6.92 Å². The number of benzene rings is 2. The first-order chi connectivity index (χ1) is 15.6. The van der Waals surface area contributed by atoms with Gasteiger partial charge < -0.3 is 14.8 Å². The van der Waals surface area contributed by atoms with Gasteiger partial charge in [-0.05, 0) is 79.6 Å². The summed E-state index contributed by atoms with van der Waals surface area (Å²) in [5.74, 6) is 1.02. The van der Waals surface area contributed by atoms with Gasteiger partial charge in [-0.15, -0.1) is 0 Å². The number of nitrogens with zero attached hydrogens (tertiary/aromatic N) is 1. The molecule has 1 amide bonds. The highest BCUT2D eigenvalue weighted by Gasteiger charge is 2.29. The number of carbonyl (C=O) groups excluding carboxylic acids is 1. The molecular weight excluding hydrogens is 440 g/mol. The molecule has 0 spiro atoms. The molecule has 0 aliphatic carbocycles. The van der Waals surface area contributed by atoms with Crippen LogP contribution in [-0.4, -0.2) is 45.9 Å². The molecule has 180 valence electrons. The van der Waals surface area contributed by atoms with E-state index in [1.165, 1.54) is 29.6 Å². The Bertz CT molecular complexity index is 1120. The van der Waals surface area contributed by atoms with Crippen LogP contribution < -0.4 is 14.8 Å². The van der Waals surface area contributed by atoms with Crippen LogP contribution in [-0.2, 0) is 10.0 Å². The lowest BCUT2D eigenvalue weighted by molar-refractivity contribution is 0.0936. The third-order valence-corrected chi connectivity index (χ3v) is 8.07. The van der Waals surface area contributed by atoms with Crippen molar-refractivity contribution < 1.29 is 22.7 Å². The van der Waals surface area contributed by atoms with Crippen LogP contribution in [0.2, 0.25) is 0 Å². The van der Waals surface area contributed by atoms with E-state index < -0.39 is 10.0 Å². The van der Waals surface area contributed by atoms with Gasteiger partial charge >= 0.3 is 0 Å². The molecule has 0 aromatic heterocycles. The summed E-state index contributed by atoms with van der Waals surface area (Å²) in [6.07, 6.45) is 1.69. The van der Waals surface area contributed by atoms with Gasteiger partial charge in [0.15, 0.2) is 0 Å². The van der Waals surface area contributed by atoms with Crippen LogP contribution in [0.5, 0.6) is 11.5 Å². The second kappa shape index (κ2) is 10.1. The van der Waals surface area contributed by atoms with Gasteiger partial charge in [-0.1, -0.05) is 13.8 Å². The van der Waals surface area contributed by atoms with Crippen LogP contribution in [0.15, 0.2) is 35.2 Å². The molecule has 7 nitrogen and oxygen atoms in total. The summed E-state index contributed by atoms with van der Waals surface area (Å²) in [4.78, 5) is 13.3. The molecule has 1 heterocycles. The van der Waals surface area contributed by atoms with E-state index in [2.05, 4.69) is 25.2 Å². The lowest BCUT2D eigenvalue weighted by Crippen LogP contribution is -2.30. The molecule has 1 N–H and O–H groups in total. The van der Waals surface area contributed by atoms with E-state index in [-0.39, 0.29) is 28.3 Å². The minimum absolute atomic E-state index is 0.103. The van der Waals surface area contributed by atoms with Crippen molar-refractivity contribution >= 4 is 15.9 Å². The third kappa shape index (κ3) is 5.17. The molecule has 3 rings (SSSR count). The van der Waals surface area contributed by atoms with Crippen molar-refractivity contribution in [2.45, 2.75) is 57.4 Å². The maximum absolute atomic E-state index is 13.2. The van der Waals surface area contributed by atoms with Gasteiger partial charge in [0.1, 0.15) is 11.5 Å². The van der Waals surface area contributed by atoms with Crippen LogP contribution >= 0.6 is 0 Å². The fraction of sp³-hybridized carbons (Fsp3) is 0.480. The van der Waals surface area contributed by atoms with Crippen molar-refractivity contribution in [2.24, 2.45) is 0 Å². The number of hydrogen-bond acceptors (Lipinski definition) is 5. The van der Waals surface area contributed by atoms with Crippen molar-refractivity contribution in [1.82, 2.24) is 9.62 Å². The van der Waals surface area contributed by atoms with E-state index in [9.17, 15) is 13.2 Å². The summed E-state index contributed by atoms with van der Waals surface area (Å²) in [5.41, 5.74) is 3.24. The SMILES string of the molecule is COc1ccc(S(=O)(=O)N2CCCC2)cc1C(=O)N[C@H](C)c1cc(C(C)C)c(OC)cc1C. The summed E-state index contributed by atoms with van der Waals surface area (Å²) in [6, 6.07) is 8.19. The minimum Gasteiger partial charge on any atom is -0.496 e. The van der Waals surface area contributed by atoms with E-state index in [0.29, 0.717) is 18.8 Å². The zero-order chi connectivity index (χ0) is 24.3. The van der Waals surface area contributed by atoms with E-state index in [1.54, 1.807) is 7.11 Å². The van der Waals surface area contributed by atoms with Crippen molar-refractivity contribution in [3.05, 3.63) is 52.6 Å². The summed E-state index contributed by atoms with van der Waals surface area (Å²) in [7, 11) is -0.527. The van der Waals surface area contributed by atoms with E-state index in [4.69, 9.17) is 9.47 Å². The monoisotopic (exact) mass is 474 g/mol. The van der Waals surface area contributed by atoms with Gasteiger partial charge in [-0.3, -0.25) is 4.79 Å². The molecule has 1 fully saturated rings. The highest BCUT2D eigenvalue weighted by molar-refractivity contribution is 7.89. The normalized spacial score (nSPS) is 15.5. The number of nitrogens with one attached hydrogen (secondary N) is 1. The number of rotatable bonds is 8. The van der Waals surface area contributed by atoms with E-state index in [0.717, 1.165) is 35.3 Å². The number of aryl methyl sites for hydroxylation is 1. The van der Waals surface area contributed by atoms with E-state index in [1.807, 2.05) is 19.9 Å². The molecule has 1 aliphatic rings. The second-order valence-electron chi connectivity index (χ2n) is 8.77. The molecule has 0 saturated carbocycles. The molecule has 1 atom stereocenters. The average molecular weight is 475 g/mol. The number of methoxy groups -OCH3 is 2. The van der Waals surface area contributed by atoms with Gasteiger partial charge in [0.05, 0.1) is 30.7 Å². The molecule has 8 heteroatoms. The fourth-order valence-corrected chi connectivity index (χ4v) is 5.81. The van der Waals surface area contributed by atoms with Gasteiger partial charge in [0, 0.05) is 13.1 Å². The van der Waals surface area contributed by atoms with Gasteiger partial charge in [-0.2, -0.15) is 4.31 Å². The van der Waals surface area contributed by atoms with Crippen LogP contribution in [0.3, 0.4) is 0 Å². The van der Waals surface area contributed by atoms with Crippen molar-refractivity contribution in [3.63, 3.8) is 0 Å². The summed E-state index contributed by atoms with van der Waals surface area (Å²) in [5, 5.41) is 3.01. The largest absolute Gasteiger partial charge is 0.496 e. The quantitative estimate of drug-likeness (QED) is 0.613. The Morgan fingerprint density at radius 1 is 0.970 bits per heavy atom. The second-order valence-corrected chi connectivity index (χ2v) is 10.7. The van der Waals surface area contributed by atoms with Crippen molar-refractivity contribution in [3.8, 4) is 11.5 Å². The molecule has 1 aliphatic heterocycles. The fourth-order valence-electron chi connectivity index (χ4n) is 4.26. The van der Waals surface area contributed by atoms with Gasteiger partial charge in [0.2, 0.25) is 10.0 Å². The number of sulfonamides is 1. The van der Waals surface area contributed by atoms with Gasteiger partial charge in [0.25, 0.3) is 5.91 Å². The number of carbonyl (C=O) groups is 1. The molecule has 1 saturated heterocycles. The minimum atomic E-state index is -3.65. The van der Waals surface area contributed by atoms with Crippen LogP contribution in [0.1, 0.15) is 72.6 Å². The Morgan fingerprint density at radius 2 is 1.61 bits per heavy atom. The molecule has 0 radical (unpaired) electrons. The number of ether oxygens (including phenoxy) is 2. The average Bonchev–Trinajstić information content (AvgIpc) is 3.33. The van der Waals surface area contributed by atoms with Crippen LogP contribution in [0.25, 0.3) is 0 Å². The summed E-state index contributed by atoms with van der Waals surface area (Å²) in [6.45, 7) is 9.08. The highest BCUT2D eigenvalue weighted by Crippen LogP contribution is 2.33. The third-order valence-electron chi connectivity index (χ3n) is 6.17. The predicted octanol–water partition coefficient (Wildman–Crippen LogP) is 4.41. The Hall–Kier alpha value is -2.58. The molecule has 2 aromatic rings. The van der Waals surface area contributed by atoms with Crippen molar-refractivity contribution in [1.29, 1.82) is 0 Å². The molecule has 0 bridgehead atoms. The first kappa shape index (κ1) is 25.1. The molecule has 0 unspecified atom stereocenters. The topological polar surface area (TPSA) is 84.9 Å². The number of amides is 1. The van der Waals surface area contributed by atoms with Crippen molar-refractivity contribution in [2.75, 3.05) is 27.3 Å². The lowest BCUT2D eigenvalue weighted by atomic mass is 9.93. The Balaban J connectivity index is 1.92. The van der Waals surface area contributed by atoms with E-state index >= 15 is 0 Å². The molecule has 33 heavy (non-hydrogen) atoms. The highest BCUT2D eigenvalue weighted by atomic mass is 32.2. The van der Waals surface area contributed by atoms with Crippen LogP contribution in [0.4, 0.5) is 0 Å². The standard InChI is InChI=1S/C25H34N2O5S/c1-16(2)20-15-21(17(3)13-24(20)32-6)18(4)26-25(28)22-14-19(9-10-23(22)31-5)33(29,30)27-11-7-8-12-27/h9-10,13-16,18H,7-8,11-12H2,1-6H3,(H,26,28)/t18-/m1/s1. The lowest BCUT2D eigenvalue weighted by Gasteiger charge is -2.22. The maximum atomic E-state index is 13.2. The smallest absolute Gasteiger partial charge is 0.255 e.